The molecule has 0 unspecified atom stereocenters. The topological polar surface area (TPSA) is 130 Å². The van der Waals surface area contributed by atoms with E-state index in [0.717, 1.165) is 0 Å². The zero-order chi connectivity index (χ0) is 10.2. The predicted octanol–water partition coefficient (Wildman–Crippen LogP) is -2.37. The molecule has 0 aliphatic carbocycles. The first-order chi connectivity index (χ1) is 5.37. The summed E-state index contributed by atoms with van der Waals surface area (Å²) >= 11 is 0. The van der Waals surface area contributed by atoms with Gasteiger partial charge in [-0.3, -0.25) is 0 Å². The maximum Gasteiger partial charge on any atom is 0.400 e. The zero-order valence-electron chi connectivity index (χ0n) is 6.58. The van der Waals surface area contributed by atoms with Crippen LogP contribution in [0.4, 0.5) is 0 Å². The first-order valence-corrected chi connectivity index (χ1v) is 4.63. The number of aliphatic hydroxyl groups excluding tert-OH is 3. The second kappa shape index (κ2) is 7.63. The molecule has 0 saturated carbocycles. The van der Waals surface area contributed by atoms with E-state index in [4.69, 9.17) is 25.1 Å². The van der Waals surface area contributed by atoms with Gasteiger partial charge in [-0.15, -0.1) is 0 Å². The molecule has 0 atom stereocenters. The molecular formula is C4H14NO6P. The Morgan fingerprint density at radius 1 is 1.33 bits per heavy atom. The Balaban J connectivity index is 0. The molecule has 0 amide bonds. The smallest absolute Gasteiger partial charge is 0.394 e. The molecule has 0 bridgehead atoms. The lowest BCUT2D eigenvalue weighted by Gasteiger charge is -1.96. The summed E-state index contributed by atoms with van der Waals surface area (Å²) in [6, 6.07) is 0. The molecule has 8 heteroatoms. The molecule has 6 N–H and O–H groups in total. The lowest BCUT2D eigenvalue weighted by atomic mass is 10.4. The SMILES string of the molecule is CNP(=O)(O)O.OCC(O)CO. The summed E-state index contributed by atoms with van der Waals surface area (Å²) in [5.74, 6) is 0. The maximum absolute atomic E-state index is 9.58. The van der Waals surface area contributed by atoms with Crippen molar-refractivity contribution in [2.75, 3.05) is 20.3 Å². The first-order valence-electron chi connectivity index (χ1n) is 3.01. The Morgan fingerprint density at radius 3 is 1.58 bits per heavy atom. The quantitative estimate of drug-likeness (QED) is 0.283. The Hall–Kier alpha value is -0.0100. The van der Waals surface area contributed by atoms with Crippen molar-refractivity contribution in [3.63, 3.8) is 0 Å². The van der Waals surface area contributed by atoms with Gasteiger partial charge >= 0.3 is 7.75 Å². The fraction of sp³-hybridized carbons (Fsp3) is 1.00. The van der Waals surface area contributed by atoms with Crippen LogP contribution in [0.15, 0.2) is 0 Å². The van der Waals surface area contributed by atoms with E-state index in [2.05, 4.69) is 0 Å². The van der Waals surface area contributed by atoms with Crippen molar-refractivity contribution in [3.8, 4) is 0 Å². The van der Waals surface area contributed by atoms with Crippen molar-refractivity contribution >= 4 is 7.75 Å². The van der Waals surface area contributed by atoms with Gasteiger partial charge in [-0.1, -0.05) is 0 Å². The summed E-state index contributed by atoms with van der Waals surface area (Å²) in [7, 11) is -2.70. The highest BCUT2D eigenvalue weighted by atomic mass is 31.2. The predicted molar refractivity (Wildman–Crippen MR) is 41.3 cm³/mol. The van der Waals surface area contributed by atoms with Gasteiger partial charge in [0.2, 0.25) is 0 Å². The molecule has 0 aliphatic heterocycles. The van der Waals surface area contributed by atoms with Crippen LogP contribution in [0.3, 0.4) is 0 Å². The average Bonchev–Trinajstić information content (AvgIpc) is 2.03. The van der Waals surface area contributed by atoms with Gasteiger partial charge in [0.25, 0.3) is 0 Å². The average molecular weight is 203 g/mol. The molecule has 0 spiro atoms. The number of hydrogen-bond acceptors (Lipinski definition) is 4. The summed E-state index contributed by atoms with van der Waals surface area (Å²) in [4.78, 5) is 15.7. The van der Waals surface area contributed by atoms with Crippen LogP contribution in [0.1, 0.15) is 0 Å². The highest BCUT2D eigenvalue weighted by molar-refractivity contribution is 7.49. The molecule has 0 saturated heterocycles. The van der Waals surface area contributed by atoms with Crippen LogP contribution in [0.5, 0.6) is 0 Å². The van der Waals surface area contributed by atoms with E-state index >= 15 is 0 Å². The van der Waals surface area contributed by atoms with E-state index < -0.39 is 13.9 Å². The molecule has 0 aromatic carbocycles. The molecule has 7 nitrogen and oxygen atoms in total. The molecule has 76 valence electrons. The van der Waals surface area contributed by atoms with Crippen LogP contribution in [0, 0.1) is 0 Å². The minimum atomic E-state index is -3.90. The normalized spacial score (nSPS) is 10.9. The lowest BCUT2D eigenvalue weighted by molar-refractivity contribution is 0.0450. The van der Waals surface area contributed by atoms with Crippen molar-refractivity contribution in [2.24, 2.45) is 0 Å². The largest absolute Gasteiger partial charge is 0.400 e. The van der Waals surface area contributed by atoms with E-state index in [-0.39, 0.29) is 13.2 Å². The van der Waals surface area contributed by atoms with Crippen LogP contribution in [0.25, 0.3) is 0 Å². The van der Waals surface area contributed by atoms with Gasteiger partial charge in [-0.25, -0.2) is 9.65 Å². The number of aliphatic hydroxyl groups is 3. The standard InChI is InChI=1S/C3H8O3.CH6NO3P/c4-1-3(6)2-5;1-2-6(3,4)5/h3-6H,1-2H2;1H3,(H3,2,3,4,5). The third-order valence-corrected chi connectivity index (χ3v) is 1.30. The van der Waals surface area contributed by atoms with Crippen LogP contribution in [0.2, 0.25) is 0 Å². The molecule has 0 heterocycles. The van der Waals surface area contributed by atoms with Crippen LogP contribution < -0.4 is 5.09 Å². The molecule has 0 rings (SSSR count). The molecule has 0 aromatic heterocycles. The summed E-state index contributed by atoms with van der Waals surface area (Å²) < 4.78 is 9.58. The van der Waals surface area contributed by atoms with Gasteiger partial charge in [0, 0.05) is 0 Å². The van der Waals surface area contributed by atoms with Crippen molar-refractivity contribution in [1.82, 2.24) is 5.09 Å². The second-order valence-corrected chi connectivity index (χ2v) is 3.32. The molecule has 12 heavy (non-hydrogen) atoms. The van der Waals surface area contributed by atoms with E-state index in [1.807, 2.05) is 0 Å². The number of hydrogen-bond donors (Lipinski definition) is 6. The molecule has 0 radical (unpaired) electrons. The molecular weight excluding hydrogens is 189 g/mol. The van der Waals surface area contributed by atoms with E-state index in [0.29, 0.717) is 0 Å². The Morgan fingerprint density at radius 2 is 1.58 bits per heavy atom. The highest BCUT2D eigenvalue weighted by Crippen LogP contribution is 2.25. The van der Waals surface area contributed by atoms with E-state index in [1.54, 1.807) is 5.09 Å². The summed E-state index contributed by atoms with van der Waals surface area (Å²) in [6.45, 7) is -0.729. The maximum atomic E-state index is 9.58. The minimum Gasteiger partial charge on any atom is -0.394 e. The van der Waals surface area contributed by atoms with Crippen molar-refractivity contribution in [3.05, 3.63) is 0 Å². The second-order valence-electron chi connectivity index (χ2n) is 1.79. The van der Waals surface area contributed by atoms with Gasteiger partial charge in [0.15, 0.2) is 0 Å². The summed E-state index contributed by atoms with van der Waals surface area (Å²) in [6.07, 6.45) is -0.954. The fourth-order valence-corrected chi connectivity index (χ4v) is 0.0577. The highest BCUT2D eigenvalue weighted by Gasteiger charge is 2.04. The monoisotopic (exact) mass is 203 g/mol. The number of rotatable bonds is 3. The van der Waals surface area contributed by atoms with Crippen LogP contribution >= 0.6 is 7.75 Å². The summed E-state index contributed by atoms with van der Waals surface area (Å²) in [5.41, 5.74) is 0. The van der Waals surface area contributed by atoms with Gasteiger partial charge in [-0.05, 0) is 7.05 Å². The Labute approximate surface area is 69.9 Å². The first kappa shape index (κ1) is 14.5. The minimum absolute atomic E-state index is 0.365. The summed E-state index contributed by atoms with van der Waals surface area (Å²) in [5, 5.41) is 25.8. The van der Waals surface area contributed by atoms with Crippen molar-refractivity contribution < 1.29 is 29.7 Å². The van der Waals surface area contributed by atoms with Gasteiger partial charge in [0.1, 0.15) is 6.10 Å². The lowest BCUT2D eigenvalue weighted by Crippen LogP contribution is -2.15. The van der Waals surface area contributed by atoms with E-state index in [1.165, 1.54) is 7.05 Å². The Bertz CT molecular complexity index is 132. The van der Waals surface area contributed by atoms with E-state index in [9.17, 15) is 4.57 Å². The van der Waals surface area contributed by atoms with Crippen LogP contribution in [-0.2, 0) is 4.57 Å². The van der Waals surface area contributed by atoms with Crippen LogP contribution in [-0.4, -0.2) is 51.5 Å². The van der Waals surface area contributed by atoms with Crippen molar-refractivity contribution in [1.29, 1.82) is 0 Å². The Kier molecular flexibility index (Phi) is 9.23. The van der Waals surface area contributed by atoms with Gasteiger partial charge in [-0.2, -0.15) is 0 Å². The van der Waals surface area contributed by atoms with Gasteiger partial charge in [0.05, 0.1) is 13.2 Å². The zero-order valence-corrected chi connectivity index (χ0v) is 7.48. The van der Waals surface area contributed by atoms with Crippen molar-refractivity contribution in [2.45, 2.75) is 6.10 Å². The third kappa shape index (κ3) is 16.5. The fourth-order valence-electron chi connectivity index (χ4n) is 0.0577. The number of nitrogens with one attached hydrogen (secondary N) is 1. The van der Waals surface area contributed by atoms with Gasteiger partial charge < -0.3 is 25.1 Å². The third-order valence-electron chi connectivity index (χ3n) is 0.713. The molecule has 0 aromatic rings. The molecule has 0 fully saturated rings. The molecule has 0 aliphatic rings.